The maximum atomic E-state index is 5.47. The van der Waals surface area contributed by atoms with Crippen LogP contribution in [0.25, 0.3) is 116 Å². The molecule has 0 unspecified atom stereocenters. The van der Waals surface area contributed by atoms with Crippen molar-refractivity contribution in [3.8, 4) is 56.4 Å². The molecule has 12 aromatic rings. The third-order valence-electron chi connectivity index (χ3n) is 15.4. The molecule has 5 nitrogen and oxygen atoms in total. The Morgan fingerprint density at radius 1 is 0.394 bits per heavy atom. The van der Waals surface area contributed by atoms with Crippen LogP contribution in [0.4, 0.5) is 0 Å². The number of nitrogens with zero attached hydrogens (tertiary/aromatic N) is 5. The Kier molecular flexibility index (Phi) is 10.2. The van der Waals surface area contributed by atoms with Gasteiger partial charge in [0.25, 0.3) is 0 Å². The van der Waals surface area contributed by atoms with Crippen molar-refractivity contribution < 1.29 is 0 Å². The first-order chi connectivity index (χ1) is 34.8. The molecule has 0 bridgehead atoms. The van der Waals surface area contributed by atoms with Crippen LogP contribution < -0.4 is 27.3 Å². The molecule has 1 aliphatic rings. The van der Waals surface area contributed by atoms with Gasteiger partial charge in [-0.25, -0.2) is 4.98 Å². The largest absolute Gasteiger partial charge is 0.307 e. The number of allylic oxidation sites excluding steroid dienone is 4. The highest BCUT2D eigenvalue weighted by molar-refractivity contribution is 6.68. The zero-order chi connectivity index (χ0) is 47.9. The summed E-state index contributed by atoms with van der Waals surface area (Å²) in [5.74, 6) is 1.86. The van der Waals surface area contributed by atoms with Crippen LogP contribution in [0.15, 0.2) is 194 Å². The van der Waals surface area contributed by atoms with Gasteiger partial charge < -0.3 is 4.57 Å². The molecule has 0 saturated heterocycles. The van der Waals surface area contributed by atoms with Crippen molar-refractivity contribution in [3.63, 3.8) is 0 Å². The Bertz CT molecular complexity index is 4200. The van der Waals surface area contributed by atoms with Gasteiger partial charge in [-0.2, -0.15) is 9.97 Å². The Labute approximate surface area is 417 Å². The van der Waals surface area contributed by atoms with Crippen LogP contribution in [0.1, 0.15) is 18.7 Å². The average Bonchev–Trinajstić information content (AvgIpc) is 3.95. The minimum absolute atomic E-state index is 0.577. The molecule has 9 aromatic carbocycles. The van der Waals surface area contributed by atoms with E-state index < -0.39 is 0 Å². The van der Waals surface area contributed by atoms with Crippen LogP contribution in [0.2, 0.25) is 0 Å². The van der Waals surface area contributed by atoms with E-state index in [4.69, 9.17) is 15.0 Å². The molecule has 10 heteroatoms. The van der Waals surface area contributed by atoms with Gasteiger partial charge in [0, 0.05) is 38.2 Å². The van der Waals surface area contributed by atoms with Gasteiger partial charge in [-0.1, -0.05) is 175 Å². The summed E-state index contributed by atoms with van der Waals surface area (Å²) in [6.45, 7) is 0. The van der Waals surface area contributed by atoms with Crippen molar-refractivity contribution in [2.24, 2.45) is 0 Å². The van der Waals surface area contributed by atoms with Gasteiger partial charge in [0.1, 0.15) is 39.2 Å². The molecule has 0 radical (unpaired) electrons. The molecule has 0 fully saturated rings. The van der Waals surface area contributed by atoms with Gasteiger partial charge >= 0.3 is 0 Å². The molecule has 0 aliphatic heterocycles. The van der Waals surface area contributed by atoms with Crippen molar-refractivity contribution >= 4 is 127 Å². The maximum Gasteiger partial charge on any atom is 0.238 e. The number of hydrogen-bond donors (Lipinski definition) is 0. The van der Waals surface area contributed by atoms with Gasteiger partial charge in [0.05, 0.1) is 27.8 Å². The van der Waals surface area contributed by atoms with Crippen LogP contribution in [0.5, 0.6) is 0 Å². The van der Waals surface area contributed by atoms with E-state index in [1.807, 2.05) is 0 Å². The lowest BCUT2D eigenvalue weighted by molar-refractivity contribution is 0.928. The Morgan fingerprint density at radius 3 is 1.68 bits per heavy atom. The fourth-order valence-corrected chi connectivity index (χ4v) is 11.3. The zero-order valence-corrected chi connectivity index (χ0v) is 40.6. The number of benzene rings is 9. The second-order valence-electron chi connectivity index (χ2n) is 19.2. The molecule has 0 atom stereocenters. The predicted molar refractivity (Wildman–Crippen MR) is 315 cm³/mol. The molecule has 3 heterocycles. The normalized spacial score (nSPS) is 12.7. The van der Waals surface area contributed by atoms with Gasteiger partial charge in [-0.15, -0.1) is 16.4 Å². The first-order valence-corrected chi connectivity index (χ1v) is 24.8. The standard InChI is InChI=1S/C61H46B5N5/c62-52-51(53(63)55(65)56(66)54(52)64)42-29-32-50(47(34-42)37-14-3-1-4-15-37)70-48-21-11-9-19-43(48)45-30-31-46-44-20-10-12-22-49(44)71(58(46)57(45)70)61-68-59(38-16-5-2-6-17-38)67-60(69-61)39-26-23-36(24-27-39)41-28-25-35-13-7-8-18-40(35)33-41/h1,3-5,7-34H,2,6,62-66H2. The first-order valence-electron chi connectivity index (χ1n) is 24.8. The Hall–Kier alpha value is -8.35. The highest BCUT2D eigenvalue weighted by Gasteiger charge is 2.25. The summed E-state index contributed by atoms with van der Waals surface area (Å²) in [4.78, 5) is 16.2. The van der Waals surface area contributed by atoms with Crippen molar-refractivity contribution in [1.29, 1.82) is 0 Å². The summed E-state index contributed by atoms with van der Waals surface area (Å²) >= 11 is 0. The summed E-state index contributed by atoms with van der Waals surface area (Å²) in [6, 6.07) is 64.0. The van der Waals surface area contributed by atoms with Crippen LogP contribution in [0, 0.1) is 0 Å². The van der Waals surface area contributed by atoms with Crippen molar-refractivity contribution in [2.45, 2.75) is 12.8 Å². The molecule has 71 heavy (non-hydrogen) atoms. The van der Waals surface area contributed by atoms with E-state index in [-0.39, 0.29) is 0 Å². The smallest absolute Gasteiger partial charge is 0.238 e. The maximum absolute atomic E-state index is 5.47. The van der Waals surface area contributed by atoms with E-state index in [0.29, 0.717) is 17.6 Å². The summed E-state index contributed by atoms with van der Waals surface area (Å²) < 4.78 is 4.80. The SMILES string of the molecule is Bc1c(B)c(B)c(-c2ccc(-n3c4ccccc4c4ccc5c6ccccc6n(-c6nc(C7=CCCC=C7)nc(-c7ccc(-c8ccc9ccccc9c8)cc7)n6)c5c43)c(-c3ccccc3)c2)c(B)c1B. The number of rotatable bonds is 7. The highest BCUT2D eigenvalue weighted by atomic mass is 15.2. The lowest BCUT2D eigenvalue weighted by Gasteiger charge is -2.22. The Morgan fingerprint density at radius 2 is 0.972 bits per heavy atom. The van der Waals surface area contributed by atoms with E-state index in [0.717, 1.165) is 84.6 Å². The fraction of sp³-hybridized carbons (Fsp3) is 0.0328. The summed E-state index contributed by atoms with van der Waals surface area (Å²) in [5.41, 5.74) is 21.2. The van der Waals surface area contributed by atoms with Gasteiger partial charge in [-0.05, 0) is 81.8 Å². The number of aromatic nitrogens is 5. The molecule has 0 amide bonds. The van der Waals surface area contributed by atoms with Gasteiger partial charge in [0.2, 0.25) is 5.95 Å². The predicted octanol–water partition coefficient (Wildman–Crippen LogP) is 6.91. The fourth-order valence-electron chi connectivity index (χ4n) is 11.3. The third-order valence-corrected chi connectivity index (χ3v) is 15.4. The van der Waals surface area contributed by atoms with Crippen molar-refractivity contribution in [3.05, 3.63) is 200 Å². The molecule has 1 aliphatic carbocycles. The van der Waals surface area contributed by atoms with Gasteiger partial charge in [0.15, 0.2) is 11.6 Å². The van der Waals surface area contributed by atoms with Crippen molar-refractivity contribution in [2.75, 3.05) is 0 Å². The zero-order valence-electron chi connectivity index (χ0n) is 40.6. The molecule has 3 aromatic heterocycles. The second kappa shape index (κ2) is 17.0. The van der Waals surface area contributed by atoms with Crippen molar-refractivity contribution in [1.82, 2.24) is 24.1 Å². The van der Waals surface area contributed by atoms with Crippen LogP contribution in [-0.2, 0) is 0 Å². The quantitative estimate of drug-likeness (QED) is 0.164. The Balaban J connectivity index is 1.08. The summed E-state index contributed by atoms with van der Waals surface area (Å²) in [5, 5.41) is 7.06. The summed E-state index contributed by atoms with van der Waals surface area (Å²) in [6.07, 6.45) is 8.57. The molecule has 0 spiro atoms. The van der Waals surface area contributed by atoms with Gasteiger partial charge in [-0.3, -0.25) is 4.57 Å². The number of hydrogen-bond acceptors (Lipinski definition) is 3. The topological polar surface area (TPSA) is 48.5 Å². The van der Waals surface area contributed by atoms with E-state index in [9.17, 15) is 0 Å². The number of para-hydroxylation sites is 2. The molecule has 330 valence electrons. The minimum Gasteiger partial charge on any atom is -0.307 e. The second-order valence-corrected chi connectivity index (χ2v) is 19.2. The average molecular weight is 903 g/mol. The summed E-state index contributed by atoms with van der Waals surface area (Å²) in [7, 11) is 11.3. The molecule has 0 N–H and O–H groups in total. The monoisotopic (exact) mass is 903 g/mol. The third kappa shape index (κ3) is 6.95. The highest BCUT2D eigenvalue weighted by Crippen LogP contribution is 2.44. The lowest BCUT2D eigenvalue weighted by Crippen LogP contribution is -2.55. The van der Waals surface area contributed by atoms with E-state index in [1.54, 1.807) is 0 Å². The van der Waals surface area contributed by atoms with E-state index in [2.05, 4.69) is 243 Å². The number of fused-ring (bicyclic) bond motifs is 8. The van der Waals surface area contributed by atoms with E-state index >= 15 is 0 Å². The lowest BCUT2D eigenvalue weighted by atomic mass is 9.59. The molecule has 0 saturated carbocycles. The molecular formula is C61H46B5N5. The van der Waals surface area contributed by atoms with Crippen LogP contribution >= 0.6 is 0 Å². The van der Waals surface area contributed by atoms with Crippen LogP contribution in [0.3, 0.4) is 0 Å². The van der Waals surface area contributed by atoms with Crippen LogP contribution in [-0.4, -0.2) is 63.3 Å². The first kappa shape index (κ1) is 42.7. The van der Waals surface area contributed by atoms with E-state index in [1.165, 1.54) is 60.2 Å². The minimum atomic E-state index is 0.577. The molecule has 13 rings (SSSR count). The molecular weight excluding hydrogens is 857 g/mol.